The van der Waals surface area contributed by atoms with Crippen molar-refractivity contribution in [1.82, 2.24) is 14.9 Å². The molecule has 2 rings (SSSR count). The second kappa shape index (κ2) is 6.34. The minimum atomic E-state index is -0.221. The zero-order valence-electron chi connectivity index (χ0n) is 12.0. The zero-order chi connectivity index (χ0) is 14.5. The Morgan fingerprint density at radius 3 is 2.60 bits per heavy atom. The number of hydrogen-bond acceptors (Lipinski definition) is 4. The molecule has 0 aliphatic carbocycles. The summed E-state index contributed by atoms with van der Waals surface area (Å²) in [5, 5.41) is 3.08. The summed E-state index contributed by atoms with van der Waals surface area (Å²) in [7, 11) is 1.90. The van der Waals surface area contributed by atoms with Crippen molar-refractivity contribution in [2.45, 2.75) is 26.4 Å². The fraction of sp³-hybridized carbons (Fsp3) is 0.333. The first-order valence-corrected chi connectivity index (χ1v) is 6.60. The molecule has 0 saturated carbocycles. The Labute approximate surface area is 118 Å². The average molecular weight is 273 g/mol. The Morgan fingerprint density at radius 2 is 2.00 bits per heavy atom. The number of hydrogen-bond donors (Lipinski definition) is 1. The largest absolute Gasteiger partial charge is 0.435 e. The van der Waals surface area contributed by atoms with E-state index in [4.69, 9.17) is 4.74 Å². The highest BCUT2D eigenvalue weighted by Gasteiger charge is 2.09. The van der Waals surface area contributed by atoms with Crippen molar-refractivity contribution in [3.05, 3.63) is 52.6 Å². The second-order valence-corrected chi connectivity index (χ2v) is 4.81. The molecule has 1 aromatic heterocycles. The van der Waals surface area contributed by atoms with Crippen LogP contribution >= 0.6 is 0 Å². The molecule has 0 aliphatic rings. The fourth-order valence-electron chi connectivity index (χ4n) is 1.87. The van der Waals surface area contributed by atoms with Crippen LogP contribution in [0.15, 0.2) is 41.5 Å². The molecule has 1 heterocycles. The van der Waals surface area contributed by atoms with Gasteiger partial charge in [-0.15, -0.1) is 0 Å². The molecule has 5 nitrogen and oxygen atoms in total. The maximum absolute atomic E-state index is 12.1. The highest BCUT2D eigenvalue weighted by atomic mass is 16.5. The van der Waals surface area contributed by atoms with Crippen molar-refractivity contribution in [3.63, 3.8) is 0 Å². The number of benzene rings is 1. The maximum Gasteiger partial charge on any atom is 0.313 e. The predicted octanol–water partition coefficient (Wildman–Crippen LogP) is 2.34. The molecule has 1 aromatic carbocycles. The van der Waals surface area contributed by atoms with Crippen molar-refractivity contribution >= 4 is 0 Å². The van der Waals surface area contributed by atoms with Crippen LogP contribution in [0.1, 0.15) is 25.5 Å². The van der Waals surface area contributed by atoms with Crippen LogP contribution in [-0.4, -0.2) is 16.6 Å². The van der Waals surface area contributed by atoms with E-state index in [1.54, 1.807) is 17.0 Å². The van der Waals surface area contributed by atoms with E-state index < -0.39 is 0 Å². The molecule has 0 fully saturated rings. The fourth-order valence-corrected chi connectivity index (χ4v) is 1.87. The lowest BCUT2D eigenvalue weighted by Crippen LogP contribution is -2.23. The van der Waals surface area contributed by atoms with E-state index in [9.17, 15) is 4.79 Å². The highest BCUT2D eigenvalue weighted by molar-refractivity contribution is 5.29. The molecule has 0 amide bonds. The van der Waals surface area contributed by atoms with Gasteiger partial charge >= 0.3 is 5.56 Å². The Balaban J connectivity index is 2.22. The van der Waals surface area contributed by atoms with Crippen LogP contribution in [0, 0.1) is 0 Å². The van der Waals surface area contributed by atoms with Crippen LogP contribution in [0.4, 0.5) is 0 Å². The van der Waals surface area contributed by atoms with Gasteiger partial charge in [-0.3, -0.25) is 4.79 Å². The molecule has 0 bridgehead atoms. The lowest BCUT2D eigenvalue weighted by Gasteiger charge is -2.11. The first kappa shape index (κ1) is 14.3. The third-order valence-corrected chi connectivity index (χ3v) is 2.91. The zero-order valence-corrected chi connectivity index (χ0v) is 12.0. The second-order valence-electron chi connectivity index (χ2n) is 4.81. The average Bonchev–Trinajstić information content (AvgIpc) is 2.43. The Kier molecular flexibility index (Phi) is 4.53. The van der Waals surface area contributed by atoms with E-state index in [1.807, 2.05) is 45.2 Å². The lowest BCUT2D eigenvalue weighted by molar-refractivity contribution is 0.437. The Hall–Kier alpha value is -2.14. The molecule has 2 aromatic rings. The molecular weight excluding hydrogens is 254 g/mol. The maximum atomic E-state index is 12.1. The molecule has 0 spiro atoms. The Bertz CT molecular complexity index is 618. The molecule has 0 unspecified atom stereocenters. The molecule has 0 radical (unpaired) electrons. The summed E-state index contributed by atoms with van der Waals surface area (Å²) < 4.78 is 7.16. The van der Waals surface area contributed by atoms with Gasteiger partial charge in [-0.1, -0.05) is 12.1 Å². The third-order valence-electron chi connectivity index (χ3n) is 2.91. The van der Waals surface area contributed by atoms with Gasteiger partial charge in [0, 0.05) is 25.0 Å². The molecule has 106 valence electrons. The quantitative estimate of drug-likeness (QED) is 0.908. The van der Waals surface area contributed by atoms with Crippen LogP contribution in [0.3, 0.4) is 0 Å². The van der Waals surface area contributed by atoms with Crippen LogP contribution in [0.5, 0.6) is 11.6 Å². The summed E-state index contributed by atoms with van der Waals surface area (Å²) >= 11 is 0. The van der Waals surface area contributed by atoms with Crippen molar-refractivity contribution in [1.29, 1.82) is 0 Å². The number of ether oxygens (including phenoxy) is 1. The SMILES string of the molecule is CNCc1ccc(Oc2nccn(C(C)C)c2=O)cc1. The van der Waals surface area contributed by atoms with Crippen LogP contribution in [0.2, 0.25) is 0 Å². The van der Waals surface area contributed by atoms with Gasteiger partial charge in [0.1, 0.15) is 5.75 Å². The summed E-state index contributed by atoms with van der Waals surface area (Å²) in [5.74, 6) is 0.707. The minimum absolute atomic E-state index is 0.0749. The van der Waals surface area contributed by atoms with E-state index in [2.05, 4.69) is 10.3 Å². The van der Waals surface area contributed by atoms with Crippen LogP contribution < -0.4 is 15.6 Å². The number of rotatable bonds is 5. The number of nitrogens with one attached hydrogen (secondary N) is 1. The van der Waals surface area contributed by atoms with Crippen molar-refractivity contribution < 1.29 is 4.74 Å². The topological polar surface area (TPSA) is 56.1 Å². The van der Waals surface area contributed by atoms with Gasteiger partial charge in [-0.05, 0) is 38.6 Å². The summed E-state index contributed by atoms with van der Waals surface area (Å²) in [6.07, 6.45) is 3.24. The van der Waals surface area contributed by atoms with Gasteiger partial charge in [-0.25, -0.2) is 4.98 Å². The third kappa shape index (κ3) is 3.24. The first-order chi connectivity index (χ1) is 9.61. The van der Waals surface area contributed by atoms with E-state index in [0.717, 1.165) is 12.1 Å². The Morgan fingerprint density at radius 1 is 1.30 bits per heavy atom. The van der Waals surface area contributed by atoms with Gasteiger partial charge in [0.25, 0.3) is 5.88 Å². The molecule has 5 heteroatoms. The molecule has 1 N–H and O–H groups in total. The highest BCUT2D eigenvalue weighted by Crippen LogP contribution is 2.17. The van der Waals surface area contributed by atoms with Crippen LogP contribution in [-0.2, 0) is 6.54 Å². The van der Waals surface area contributed by atoms with E-state index in [-0.39, 0.29) is 17.5 Å². The van der Waals surface area contributed by atoms with E-state index >= 15 is 0 Å². The standard InChI is InChI=1S/C15H19N3O2/c1-11(2)18-9-8-17-14(15(18)19)20-13-6-4-12(5-7-13)10-16-3/h4-9,11,16H,10H2,1-3H3. The number of nitrogens with zero attached hydrogens (tertiary/aromatic N) is 2. The van der Waals surface area contributed by atoms with Crippen LogP contribution in [0.25, 0.3) is 0 Å². The van der Waals surface area contributed by atoms with Gasteiger partial charge < -0.3 is 14.6 Å². The molecule has 0 aliphatic heterocycles. The predicted molar refractivity (Wildman–Crippen MR) is 78.2 cm³/mol. The van der Waals surface area contributed by atoms with E-state index in [0.29, 0.717) is 5.75 Å². The molecular formula is C15H19N3O2. The normalized spacial score (nSPS) is 10.8. The molecule has 0 saturated heterocycles. The summed E-state index contributed by atoms with van der Waals surface area (Å²) in [5.41, 5.74) is 0.933. The summed E-state index contributed by atoms with van der Waals surface area (Å²) in [6.45, 7) is 4.68. The summed E-state index contributed by atoms with van der Waals surface area (Å²) in [4.78, 5) is 16.2. The van der Waals surface area contributed by atoms with Crippen molar-refractivity contribution in [2.24, 2.45) is 0 Å². The summed E-state index contributed by atoms with van der Waals surface area (Å²) in [6, 6.07) is 7.65. The van der Waals surface area contributed by atoms with Gasteiger partial charge in [0.2, 0.25) is 0 Å². The van der Waals surface area contributed by atoms with Gasteiger partial charge in [-0.2, -0.15) is 0 Å². The first-order valence-electron chi connectivity index (χ1n) is 6.60. The molecule has 20 heavy (non-hydrogen) atoms. The minimum Gasteiger partial charge on any atom is -0.435 e. The van der Waals surface area contributed by atoms with Crippen molar-refractivity contribution in [3.8, 4) is 11.6 Å². The molecule has 0 atom stereocenters. The van der Waals surface area contributed by atoms with Gasteiger partial charge in [0.05, 0.1) is 0 Å². The smallest absolute Gasteiger partial charge is 0.313 e. The number of aromatic nitrogens is 2. The lowest BCUT2D eigenvalue weighted by atomic mass is 10.2. The van der Waals surface area contributed by atoms with E-state index in [1.165, 1.54) is 0 Å². The monoisotopic (exact) mass is 273 g/mol. The van der Waals surface area contributed by atoms with Gasteiger partial charge in [0.15, 0.2) is 0 Å². The van der Waals surface area contributed by atoms with Crippen molar-refractivity contribution in [2.75, 3.05) is 7.05 Å².